The van der Waals surface area contributed by atoms with Crippen LogP contribution in [0.2, 0.25) is 0 Å². The second-order valence-electron chi connectivity index (χ2n) is 3.42. The molecule has 0 aliphatic carbocycles. The van der Waals surface area contributed by atoms with E-state index in [1.165, 1.54) is 6.07 Å². The SMILES string of the molecule is CC(C)OC(=O)c1c(O)cccc1CO. The van der Waals surface area contributed by atoms with Crippen molar-refractivity contribution >= 4 is 5.97 Å². The van der Waals surface area contributed by atoms with E-state index in [2.05, 4.69) is 0 Å². The van der Waals surface area contributed by atoms with Crippen LogP contribution in [0.15, 0.2) is 18.2 Å². The second kappa shape index (κ2) is 4.79. The van der Waals surface area contributed by atoms with E-state index in [4.69, 9.17) is 9.84 Å². The molecule has 0 heterocycles. The number of carbonyl (C=O) groups is 1. The largest absolute Gasteiger partial charge is 0.507 e. The Morgan fingerprint density at radius 2 is 2.13 bits per heavy atom. The van der Waals surface area contributed by atoms with Gasteiger partial charge in [-0.25, -0.2) is 4.79 Å². The minimum Gasteiger partial charge on any atom is -0.507 e. The molecule has 4 heteroatoms. The van der Waals surface area contributed by atoms with Gasteiger partial charge in [-0.2, -0.15) is 0 Å². The maximum Gasteiger partial charge on any atom is 0.342 e. The molecule has 0 aliphatic rings. The molecule has 0 fully saturated rings. The Morgan fingerprint density at radius 1 is 1.47 bits per heavy atom. The minimum atomic E-state index is -0.618. The van der Waals surface area contributed by atoms with Crippen molar-refractivity contribution in [2.45, 2.75) is 26.6 Å². The molecular formula is C11H14O4. The third kappa shape index (κ3) is 2.70. The van der Waals surface area contributed by atoms with Gasteiger partial charge >= 0.3 is 5.97 Å². The molecule has 1 aromatic rings. The summed E-state index contributed by atoms with van der Waals surface area (Å²) in [5, 5.41) is 18.5. The molecule has 4 nitrogen and oxygen atoms in total. The van der Waals surface area contributed by atoms with E-state index in [-0.39, 0.29) is 24.0 Å². The normalized spacial score (nSPS) is 10.4. The zero-order chi connectivity index (χ0) is 11.4. The third-order valence-corrected chi connectivity index (χ3v) is 1.85. The fraction of sp³-hybridized carbons (Fsp3) is 0.364. The van der Waals surface area contributed by atoms with Crippen LogP contribution in [-0.4, -0.2) is 22.3 Å². The first-order valence-electron chi connectivity index (χ1n) is 4.69. The summed E-state index contributed by atoms with van der Waals surface area (Å²) in [4.78, 5) is 11.6. The number of phenols is 1. The molecule has 0 aromatic heterocycles. The number of hydrogen-bond acceptors (Lipinski definition) is 4. The molecule has 1 aromatic carbocycles. The van der Waals surface area contributed by atoms with Gasteiger partial charge in [-0.3, -0.25) is 0 Å². The first-order valence-corrected chi connectivity index (χ1v) is 4.69. The Kier molecular flexibility index (Phi) is 3.68. The number of aliphatic hydroxyl groups is 1. The van der Waals surface area contributed by atoms with Gasteiger partial charge in [0.25, 0.3) is 0 Å². The van der Waals surface area contributed by atoms with Crippen molar-refractivity contribution in [3.63, 3.8) is 0 Å². The van der Waals surface area contributed by atoms with Crippen LogP contribution < -0.4 is 0 Å². The lowest BCUT2D eigenvalue weighted by molar-refractivity contribution is 0.0371. The van der Waals surface area contributed by atoms with E-state index < -0.39 is 5.97 Å². The third-order valence-electron chi connectivity index (χ3n) is 1.85. The summed E-state index contributed by atoms with van der Waals surface area (Å²) in [5.74, 6) is -0.792. The van der Waals surface area contributed by atoms with Gasteiger partial charge in [0, 0.05) is 0 Å². The highest BCUT2D eigenvalue weighted by atomic mass is 16.5. The molecule has 0 unspecified atom stereocenters. The molecule has 2 N–H and O–H groups in total. The zero-order valence-electron chi connectivity index (χ0n) is 8.73. The van der Waals surface area contributed by atoms with Crippen molar-refractivity contribution in [2.24, 2.45) is 0 Å². The smallest absolute Gasteiger partial charge is 0.342 e. The van der Waals surface area contributed by atoms with Gasteiger partial charge in [-0.1, -0.05) is 12.1 Å². The molecule has 0 saturated carbocycles. The summed E-state index contributed by atoms with van der Waals surface area (Å²) < 4.78 is 4.95. The highest BCUT2D eigenvalue weighted by Crippen LogP contribution is 2.22. The molecule has 0 saturated heterocycles. The van der Waals surface area contributed by atoms with Gasteiger partial charge in [0.05, 0.1) is 12.7 Å². The molecule has 0 radical (unpaired) electrons. The summed E-state index contributed by atoms with van der Waals surface area (Å²) in [6.07, 6.45) is -0.261. The molecule has 0 aliphatic heterocycles. The standard InChI is InChI=1S/C11H14O4/c1-7(2)15-11(14)10-8(6-12)4-3-5-9(10)13/h3-5,7,12-13H,6H2,1-2H3. The number of aliphatic hydroxyl groups excluding tert-OH is 1. The van der Waals surface area contributed by atoms with Crippen molar-refractivity contribution in [2.75, 3.05) is 0 Å². The number of hydrogen-bond donors (Lipinski definition) is 2. The number of benzene rings is 1. The van der Waals surface area contributed by atoms with Crippen LogP contribution >= 0.6 is 0 Å². The average molecular weight is 210 g/mol. The van der Waals surface area contributed by atoms with Crippen LogP contribution in [-0.2, 0) is 11.3 Å². The van der Waals surface area contributed by atoms with Crippen LogP contribution in [0.25, 0.3) is 0 Å². The predicted octanol–water partition coefficient (Wildman–Crippen LogP) is 1.45. The number of phenolic OH excluding ortho intramolecular Hbond substituents is 1. The molecule has 0 amide bonds. The summed E-state index contributed by atoms with van der Waals surface area (Å²) in [5.41, 5.74) is 0.398. The lowest BCUT2D eigenvalue weighted by Crippen LogP contribution is -2.13. The van der Waals surface area contributed by atoms with Crippen LogP contribution in [0.5, 0.6) is 5.75 Å². The first-order chi connectivity index (χ1) is 7.06. The molecule has 15 heavy (non-hydrogen) atoms. The van der Waals surface area contributed by atoms with Gasteiger partial charge < -0.3 is 14.9 Å². The lowest BCUT2D eigenvalue weighted by Gasteiger charge is -2.11. The Balaban J connectivity index is 3.06. The number of esters is 1. The van der Waals surface area contributed by atoms with Crippen molar-refractivity contribution < 1.29 is 19.7 Å². The van der Waals surface area contributed by atoms with E-state index in [1.54, 1.807) is 26.0 Å². The molecule has 82 valence electrons. The van der Waals surface area contributed by atoms with Gasteiger partial charge in [-0.15, -0.1) is 0 Å². The molecule has 0 atom stereocenters. The monoisotopic (exact) mass is 210 g/mol. The van der Waals surface area contributed by atoms with Crippen LogP contribution in [0.3, 0.4) is 0 Å². The Labute approximate surface area is 88.1 Å². The summed E-state index contributed by atoms with van der Waals surface area (Å²) in [7, 11) is 0. The fourth-order valence-electron chi connectivity index (χ4n) is 1.23. The van der Waals surface area contributed by atoms with Crippen LogP contribution in [0, 0.1) is 0 Å². The summed E-state index contributed by atoms with van der Waals surface area (Å²) in [6, 6.07) is 4.51. The van der Waals surface area contributed by atoms with Crippen molar-refractivity contribution in [1.29, 1.82) is 0 Å². The summed E-state index contributed by atoms with van der Waals surface area (Å²) >= 11 is 0. The molecule has 0 bridgehead atoms. The molecular weight excluding hydrogens is 196 g/mol. The number of ether oxygens (including phenoxy) is 1. The van der Waals surface area contributed by atoms with E-state index in [0.717, 1.165) is 0 Å². The quantitative estimate of drug-likeness (QED) is 0.741. The van der Waals surface area contributed by atoms with Gasteiger partial charge in [0.15, 0.2) is 0 Å². The van der Waals surface area contributed by atoms with Gasteiger partial charge in [-0.05, 0) is 25.5 Å². The zero-order valence-corrected chi connectivity index (χ0v) is 8.73. The minimum absolute atomic E-state index is 0.0358. The van der Waals surface area contributed by atoms with E-state index in [1.807, 2.05) is 0 Å². The topological polar surface area (TPSA) is 66.8 Å². The number of carbonyl (C=O) groups excluding carboxylic acids is 1. The van der Waals surface area contributed by atoms with E-state index in [0.29, 0.717) is 5.56 Å². The lowest BCUT2D eigenvalue weighted by atomic mass is 10.1. The second-order valence-corrected chi connectivity index (χ2v) is 3.42. The predicted molar refractivity (Wildman–Crippen MR) is 54.6 cm³/mol. The highest BCUT2D eigenvalue weighted by Gasteiger charge is 2.17. The Bertz CT molecular complexity index is 358. The first kappa shape index (κ1) is 11.5. The van der Waals surface area contributed by atoms with Crippen molar-refractivity contribution in [3.05, 3.63) is 29.3 Å². The number of aromatic hydroxyl groups is 1. The highest BCUT2D eigenvalue weighted by molar-refractivity contribution is 5.94. The average Bonchev–Trinajstić information content (AvgIpc) is 2.15. The van der Waals surface area contributed by atoms with Gasteiger partial charge in [0.1, 0.15) is 11.3 Å². The van der Waals surface area contributed by atoms with Crippen LogP contribution in [0.4, 0.5) is 0 Å². The van der Waals surface area contributed by atoms with Crippen molar-refractivity contribution in [1.82, 2.24) is 0 Å². The molecule has 0 spiro atoms. The Hall–Kier alpha value is -1.55. The summed E-state index contributed by atoms with van der Waals surface area (Å²) in [6.45, 7) is 3.13. The van der Waals surface area contributed by atoms with E-state index in [9.17, 15) is 9.90 Å². The van der Waals surface area contributed by atoms with Crippen LogP contribution in [0.1, 0.15) is 29.8 Å². The maximum atomic E-state index is 11.6. The fourth-order valence-corrected chi connectivity index (χ4v) is 1.23. The van der Waals surface area contributed by atoms with E-state index >= 15 is 0 Å². The van der Waals surface area contributed by atoms with Gasteiger partial charge in [0.2, 0.25) is 0 Å². The Morgan fingerprint density at radius 3 is 2.67 bits per heavy atom. The molecule has 1 rings (SSSR count). The number of rotatable bonds is 3. The maximum absolute atomic E-state index is 11.6. The van der Waals surface area contributed by atoms with Crippen molar-refractivity contribution in [3.8, 4) is 5.75 Å².